The minimum atomic E-state index is 0.00164. The van der Waals surface area contributed by atoms with E-state index in [1.807, 2.05) is 53.5 Å². The summed E-state index contributed by atoms with van der Waals surface area (Å²) in [4.78, 5) is 16.4. The molecule has 0 aromatic carbocycles. The number of carbonyl (C=O) groups excluding carboxylic acids is 1. The zero-order valence-electron chi connectivity index (χ0n) is 13.5. The normalized spacial score (nSPS) is 11.0. The molecule has 3 aromatic heterocycles. The number of amides is 1. The molecule has 0 spiro atoms. The van der Waals surface area contributed by atoms with Crippen LogP contribution in [0.25, 0.3) is 5.65 Å². The van der Waals surface area contributed by atoms with Gasteiger partial charge in [0.15, 0.2) is 0 Å². The van der Waals surface area contributed by atoms with Gasteiger partial charge in [-0.25, -0.2) is 4.98 Å². The third-order valence-corrected chi connectivity index (χ3v) is 3.73. The fraction of sp³-hybridized carbons (Fsp3) is 0.353. The van der Waals surface area contributed by atoms with Crippen molar-refractivity contribution in [2.75, 3.05) is 6.54 Å². The lowest BCUT2D eigenvalue weighted by Gasteiger charge is -2.06. The Morgan fingerprint density at radius 2 is 2.17 bits per heavy atom. The Morgan fingerprint density at radius 3 is 2.91 bits per heavy atom. The Bertz CT molecular complexity index is 784. The second-order valence-corrected chi connectivity index (χ2v) is 5.73. The highest BCUT2D eigenvalue weighted by Gasteiger charge is 2.07. The first kappa shape index (κ1) is 15.3. The van der Waals surface area contributed by atoms with Gasteiger partial charge in [0.05, 0.1) is 17.8 Å². The Labute approximate surface area is 135 Å². The van der Waals surface area contributed by atoms with Crippen LogP contribution >= 0.6 is 0 Å². The predicted octanol–water partition coefficient (Wildman–Crippen LogP) is 1.90. The fourth-order valence-electron chi connectivity index (χ4n) is 2.66. The smallest absolute Gasteiger partial charge is 0.226 e. The van der Waals surface area contributed by atoms with Crippen molar-refractivity contribution in [3.8, 4) is 0 Å². The average molecular weight is 311 g/mol. The molecular formula is C17H21N5O. The highest BCUT2D eigenvalue weighted by atomic mass is 16.1. The third kappa shape index (κ3) is 3.77. The van der Waals surface area contributed by atoms with E-state index >= 15 is 0 Å². The van der Waals surface area contributed by atoms with Gasteiger partial charge in [-0.3, -0.25) is 9.48 Å². The summed E-state index contributed by atoms with van der Waals surface area (Å²) in [5, 5.41) is 7.35. The van der Waals surface area contributed by atoms with Gasteiger partial charge < -0.3 is 9.72 Å². The van der Waals surface area contributed by atoms with Crippen LogP contribution < -0.4 is 5.32 Å². The van der Waals surface area contributed by atoms with Crippen LogP contribution in [0.5, 0.6) is 0 Å². The van der Waals surface area contributed by atoms with Crippen molar-refractivity contribution in [3.63, 3.8) is 0 Å². The molecular weight excluding hydrogens is 290 g/mol. The lowest BCUT2D eigenvalue weighted by Crippen LogP contribution is -2.27. The number of nitrogens with one attached hydrogen (secondary N) is 1. The number of hydrogen-bond acceptors (Lipinski definition) is 3. The highest BCUT2D eigenvalue weighted by Crippen LogP contribution is 2.05. The quantitative estimate of drug-likeness (QED) is 0.707. The first-order chi connectivity index (χ1) is 11.1. The summed E-state index contributed by atoms with van der Waals surface area (Å²) >= 11 is 0. The molecule has 0 fully saturated rings. The number of aryl methyl sites for hydroxylation is 3. The molecule has 6 nitrogen and oxygen atoms in total. The predicted molar refractivity (Wildman–Crippen MR) is 88.2 cm³/mol. The second kappa shape index (κ2) is 6.64. The van der Waals surface area contributed by atoms with Gasteiger partial charge in [0.1, 0.15) is 5.65 Å². The molecule has 23 heavy (non-hydrogen) atoms. The van der Waals surface area contributed by atoms with E-state index in [0.29, 0.717) is 13.0 Å². The molecule has 0 aliphatic heterocycles. The zero-order chi connectivity index (χ0) is 16.2. The molecule has 0 radical (unpaired) electrons. The van der Waals surface area contributed by atoms with Gasteiger partial charge in [-0.2, -0.15) is 5.10 Å². The van der Waals surface area contributed by atoms with Crippen molar-refractivity contribution in [1.82, 2.24) is 24.5 Å². The molecule has 0 saturated heterocycles. The Hall–Kier alpha value is -2.63. The average Bonchev–Trinajstić information content (AvgIpc) is 3.05. The molecule has 0 aliphatic carbocycles. The number of aromatic nitrogens is 4. The molecule has 1 N–H and O–H groups in total. The molecule has 3 aromatic rings. The van der Waals surface area contributed by atoms with E-state index in [-0.39, 0.29) is 5.91 Å². The molecule has 0 aliphatic rings. The number of rotatable bonds is 6. The van der Waals surface area contributed by atoms with Crippen LogP contribution in [0, 0.1) is 13.8 Å². The number of carbonyl (C=O) groups is 1. The standard InChI is InChI=1S/C17H21N5O/c1-13-10-14(2)22(20-13)9-5-7-18-17(23)11-15-12-21-8-4-3-6-16(21)19-15/h3-4,6,8,10,12H,5,7,9,11H2,1-2H3,(H,18,23). The lowest BCUT2D eigenvalue weighted by molar-refractivity contribution is -0.120. The topological polar surface area (TPSA) is 64.2 Å². The van der Waals surface area contributed by atoms with Gasteiger partial charge >= 0.3 is 0 Å². The summed E-state index contributed by atoms with van der Waals surface area (Å²) in [5.41, 5.74) is 3.82. The molecule has 0 bridgehead atoms. The Morgan fingerprint density at radius 1 is 1.30 bits per heavy atom. The number of hydrogen-bond donors (Lipinski definition) is 1. The molecule has 0 atom stereocenters. The SMILES string of the molecule is Cc1cc(C)n(CCCNC(=O)Cc2cn3ccccc3n2)n1. The molecule has 6 heteroatoms. The van der Waals surface area contributed by atoms with Gasteiger partial charge in [0, 0.05) is 31.2 Å². The zero-order valence-corrected chi connectivity index (χ0v) is 13.5. The Kier molecular flexibility index (Phi) is 4.41. The first-order valence-corrected chi connectivity index (χ1v) is 7.82. The Balaban J connectivity index is 1.45. The lowest BCUT2D eigenvalue weighted by atomic mass is 10.3. The van der Waals surface area contributed by atoms with Gasteiger partial charge in [-0.05, 0) is 38.5 Å². The fourth-order valence-corrected chi connectivity index (χ4v) is 2.66. The van der Waals surface area contributed by atoms with E-state index in [2.05, 4.69) is 21.5 Å². The second-order valence-electron chi connectivity index (χ2n) is 5.73. The summed E-state index contributed by atoms with van der Waals surface area (Å²) in [6.45, 7) is 5.49. The minimum absolute atomic E-state index is 0.00164. The van der Waals surface area contributed by atoms with Crippen molar-refractivity contribution < 1.29 is 4.79 Å². The van der Waals surface area contributed by atoms with E-state index in [4.69, 9.17) is 0 Å². The van der Waals surface area contributed by atoms with Crippen molar-refractivity contribution in [2.24, 2.45) is 0 Å². The molecule has 1 amide bonds. The van der Waals surface area contributed by atoms with Crippen LogP contribution in [-0.2, 0) is 17.8 Å². The van der Waals surface area contributed by atoms with Gasteiger partial charge in [0.25, 0.3) is 0 Å². The van der Waals surface area contributed by atoms with Crippen molar-refractivity contribution in [3.05, 3.63) is 53.7 Å². The van der Waals surface area contributed by atoms with Gasteiger partial charge in [-0.1, -0.05) is 6.07 Å². The van der Waals surface area contributed by atoms with E-state index in [0.717, 1.165) is 35.7 Å². The third-order valence-electron chi connectivity index (χ3n) is 3.73. The van der Waals surface area contributed by atoms with Gasteiger partial charge in [-0.15, -0.1) is 0 Å². The molecule has 3 heterocycles. The summed E-state index contributed by atoms with van der Waals surface area (Å²) in [6, 6.07) is 7.86. The summed E-state index contributed by atoms with van der Waals surface area (Å²) in [7, 11) is 0. The molecule has 0 unspecified atom stereocenters. The maximum Gasteiger partial charge on any atom is 0.226 e. The van der Waals surface area contributed by atoms with Crippen LogP contribution in [0.1, 0.15) is 23.5 Å². The van der Waals surface area contributed by atoms with E-state index in [1.165, 1.54) is 0 Å². The highest BCUT2D eigenvalue weighted by molar-refractivity contribution is 5.78. The van der Waals surface area contributed by atoms with Crippen LogP contribution in [0.15, 0.2) is 36.7 Å². The largest absolute Gasteiger partial charge is 0.356 e. The number of fused-ring (bicyclic) bond motifs is 1. The number of imidazole rings is 1. The molecule has 0 saturated carbocycles. The van der Waals surface area contributed by atoms with E-state index in [1.54, 1.807) is 0 Å². The number of nitrogens with zero attached hydrogens (tertiary/aromatic N) is 4. The van der Waals surface area contributed by atoms with E-state index < -0.39 is 0 Å². The maximum absolute atomic E-state index is 12.0. The maximum atomic E-state index is 12.0. The summed E-state index contributed by atoms with van der Waals surface area (Å²) in [6.07, 6.45) is 4.99. The van der Waals surface area contributed by atoms with Crippen molar-refractivity contribution in [2.45, 2.75) is 33.2 Å². The summed E-state index contributed by atoms with van der Waals surface area (Å²) in [5.74, 6) is 0.00164. The number of pyridine rings is 1. The first-order valence-electron chi connectivity index (χ1n) is 7.82. The summed E-state index contributed by atoms with van der Waals surface area (Å²) < 4.78 is 3.90. The van der Waals surface area contributed by atoms with Crippen LogP contribution in [0.4, 0.5) is 0 Å². The van der Waals surface area contributed by atoms with Gasteiger partial charge in [0.2, 0.25) is 5.91 Å². The van der Waals surface area contributed by atoms with Crippen molar-refractivity contribution in [1.29, 1.82) is 0 Å². The van der Waals surface area contributed by atoms with Crippen LogP contribution in [0.2, 0.25) is 0 Å². The van der Waals surface area contributed by atoms with Crippen molar-refractivity contribution >= 4 is 11.6 Å². The molecule has 3 rings (SSSR count). The molecule has 120 valence electrons. The van der Waals surface area contributed by atoms with Crippen LogP contribution in [0.3, 0.4) is 0 Å². The van der Waals surface area contributed by atoms with E-state index in [9.17, 15) is 4.79 Å². The van der Waals surface area contributed by atoms with Crippen LogP contribution in [-0.4, -0.2) is 31.6 Å². The minimum Gasteiger partial charge on any atom is -0.356 e. The monoisotopic (exact) mass is 311 g/mol.